The van der Waals surface area contributed by atoms with E-state index in [4.69, 9.17) is 25.8 Å². The Bertz CT molecular complexity index is 889. The Hall–Kier alpha value is -2.79. The van der Waals surface area contributed by atoms with Crippen LogP contribution in [0.1, 0.15) is 25.0 Å². The number of hydrogen-bond acceptors (Lipinski definition) is 5. The van der Waals surface area contributed by atoms with Gasteiger partial charge in [0.05, 0.1) is 23.8 Å². The highest BCUT2D eigenvalue weighted by atomic mass is 35.5. The van der Waals surface area contributed by atoms with Gasteiger partial charge in [0.2, 0.25) is 5.90 Å². The summed E-state index contributed by atoms with van der Waals surface area (Å²) in [7, 11) is 0. The molecule has 0 bridgehead atoms. The zero-order valence-corrected chi connectivity index (χ0v) is 15.2. The van der Waals surface area contributed by atoms with E-state index in [-0.39, 0.29) is 11.6 Å². The van der Waals surface area contributed by atoms with Gasteiger partial charge >= 0.3 is 5.97 Å². The Balaban J connectivity index is 1.93. The topological polar surface area (TPSA) is 57.1 Å². The molecule has 0 saturated heterocycles. The van der Waals surface area contributed by atoms with Crippen LogP contribution in [0.3, 0.4) is 0 Å². The number of rotatable bonds is 6. The molecule has 2 aromatic rings. The first-order valence-corrected chi connectivity index (χ1v) is 8.67. The number of esters is 1. The monoisotopic (exact) mass is 371 g/mol. The highest BCUT2D eigenvalue weighted by Gasteiger charge is 2.25. The molecule has 1 heterocycles. The maximum absolute atomic E-state index is 12.1. The van der Waals surface area contributed by atoms with Crippen LogP contribution in [0, 0.1) is 0 Å². The van der Waals surface area contributed by atoms with Gasteiger partial charge < -0.3 is 14.2 Å². The van der Waals surface area contributed by atoms with E-state index in [1.165, 1.54) is 0 Å². The molecule has 26 heavy (non-hydrogen) atoms. The van der Waals surface area contributed by atoms with Gasteiger partial charge in [-0.15, -0.1) is 0 Å². The van der Waals surface area contributed by atoms with Crippen LogP contribution in [0.25, 0.3) is 6.08 Å². The number of benzene rings is 2. The van der Waals surface area contributed by atoms with Gasteiger partial charge in [-0.25, -0.2) is 9.79 Å². The molecular formula is C20H18ClNO4. The normalized spacial score (nSPS) is 15.0. The summed E-state index contributed by atoms with van der Waals surface area (Å²) in [5, 5.41) is 0.472. The first-order valence-electron chi connectivity index (χ1n) is 8.29. The van der Waals surface area contributed by atoms with Crippen molar-refractivity contribution >= 4 is 29.5 Å². The van der Waals surface area contributed by atoms with Gasteiger partial charge in [-0.05, 0) is 49.8 Å². The second kappa shape index (κ2) is 8.06. The summed E-state index contributed by atoms with van der Waals surface area (Å²) in [5.41, 5.74) is 1.53. The summed E-state index contributed by atoms with van der Waals surface area (Å²) in [6.07, 6.45) is 1.64. The Kier molecular flexibility index (Phi) is 5.58. The molecule has 0 aromatic heterocycles. The molecule has 5 nitrogen and oxygen atoms in total. The first-order chi connectivity index (χ1) is 12.6. The lowest BCUT2D eigenvalue weighted by atomic mass is 10.1. The van der Waals surface area contributed by atoms with Gasteiger partial charge in [0, 0.05) is 0 Å². The number of nitrogens with zero attached hydrogens (tertiary/aromatic N) is 1. The van der Waals surface area contributed by atoms with Crippen LogP contribution >= 0.6 is 11.6 Å². The molecule has 1 aliphatic rings. The summed E-state index contributed by atoms with van der Waals surface area (Å²) in [6, 6.07) is 12.5. The third-order valence-electron chi connectivity index (χ3n) is 3.60. The average molecular weight is 372 g/mol. The van der Waals surface area contributed by atoms with Gasteiger partial charge in [0.15, 0.2) is 17.2 Å². The van der Waals surface area contributed by atoms with Crippen molar-refractivity contribution in [1.29, 1.82) is 0 Å². The Morgan fingerprint density at radius 1 is 1.08 bits per heavy atom. The molecule has 0 atom stereocenters. The second-order valence-corrected chi connectivity index (χ2v) is 5.80. The molecule has 1 aliphatic heterocycles. The van der Waals surface area contributed by atoms with Crippen LogP contribution < -0.4 is 9.47 Å². The molecule has 0 N–H and O–H groups in total. The fraction of sp³-hybridized carbons (Fsp3) is 0.200. The van der Waals surface area contributed by atoms with E-state index in [1.54, 1.807) is 42.5 Å². The lowest BCUT2D eigenvalue weighted by Gasteiger charge is -2.11. The van der Waals surface area contributed by atoms with E-state index in [2.05, 4.69) is 4.99 Å². The quantitative estimate of drug-likeness (QED) is 0.555. The summed E-state index contributed by atoms with van der Waals surface area (Å²) < 4.78 is 16.4. The van der Waals surface area contributed by atoms with Crippen molar-refractivity contribution in [2.75, 3.05) is 13.2 Å². The van der Waals surface area contributed by atoms with E-state index in [1.807, 2.05) is 19.9 Å². The molecule has 0 radical (unpaired) electrons. The lowest BCUT2D eigenvalue weighted by Crippen LogP contribution is -2.05. The molecule has 3 rings (SSSR count). The molecule has 0 aliphatic carbocycles. The van der Waals surface area contributed by atoms with E-state index < -0.39 is 5.97 Å². The SMILES string of the molecule is CCOc1ccc(/C=C2\N=C(c3ccccc3Cl)OC2=O)cc1OCC. The standard InChI is InChI=1S/C20H18ClNO4/c1-3-24-17-10-9-13(12-18(17)25-4-2)11-16-20(23)26-19(22-16)14-7-5-6-8-15(14)21/h5-12H,3-4H2,1-2H3/b16-11-. The molecule has 0 fully saturated rings. The van der Waals surface area contributed by atoms with E-state index in [0.29, 0.717) is 35.3 Å². The van der Waals surface area contributed by atoms with Crippen LogP contribution in [0.5, 0.6) is 11.5 Å². The zero-order chi connectivity index (χ0) is 18.5. The van der Waals surface area contributed by atoms with Crippen LogP contribution in [0.4, 0.5) is 0 Å². The number of halogens is 1. The van der Waals surface area contributed by atoms with Crippen molar-refractivity contribution in [2.24, 2.45) is 4.99 Å². The minimum Gasteiger partial charge on any atom is -0.490 e. The smallest absolute Gasteiger partial charge is 0.363 e. The maximum atomic E-state index is 12.1. The summed E-state index contributed by atoms with van der Waals surface area (Å²) in [4.78, 5) is 16.4. The fourth-order valence-corrected chi connectivity index (χ4v) is 2.69. The van der Waals surface area contributed by atoms with Crippen molar-refractivity contribution in [3.8, 4) is 11.5 Å². The summed E-state index contributed by atoms with van der Waals surface area (Å²) >= 11 is 6.14. The van der Waals surface area contributed by atoms with Crippen molar-refractivity contribution < 1.29 is 19.0 Å². The molecule has 2 aromatic carbocycles. The Morgan fingerprint density at radius 2 is 1.81 bits per heavy atom. The molecule has 6 heteroatoms. The zero-order valence-electron chi connectivity index (χ0n) is 14.5. The van der Waals surface area contributed by atoms with Crippen LogP contribution in [-0.4, -0.2) is 25.1 Å². The maximum Gasteiger partial charge on any atom is 0.363 e. The van der Waals surface area contributed by atoms with Gasteiger partial charge in [-0.3, -0.25) is 0 Å². The molecule has 0 amide bonds. The van der Waals surface area contributed by atoms with Gasteiger partial charge in [-0.1, -0.05) is 29.8 Å². The number of carbonyl (C=O) groups is 1. The number of carbonyl (C=O) groups excluding carboxylic acids is 1. The van der Waals surface area contributed by atoms with Crippen molar-refractivity contribution in [2.45, 2.75) is 13.8 Å². The van der Waals surface area contributed by atoms with E-state index in [0.717, 1.165) is 5.56 Å². The molecular weight excluding hydrogens is 354 g/mol. The minimum atomic E-state index is -0.522. The Labute approximate surface area is 156 Å². The first kappa shape index (κ1) is 18.0. The van der Waals surface area contributed by atoms with Crippen LogP contribution in [0.15, 0.2) is 53.2 Å². The van der Waals surface area contributed by atoms with Crippen molar-refractivity contribution in [1.82, 2.24) is 0 Å². The van der Waals surface area contributed by atoms with Crippen molar-refractivity contribution in [3.63, 3.8) is 0 Å². The molecule has 134 valence electrons. The minimum absolute atomic E-state index is 0.197. The van der Waals surface area contributed by atoms with Crippen molar-refractivity contribution in [3.05, 3.63) is 64.3 Å². The predicted octanol–water partition coefficient (Wildman–Crippen LogP) is 4.48. The van der Waals surface area contributed by atoms with Crippen LogP contribution in [-0.2, 0) is 9.53 Å². The van der Waals surface area contributed by atoms with Gasteiger partial charge in [0.1, 0.15) is 0 Å². The third kappa shape index (κ3) is 3.89. The molecule has 0 unspecified atom stereocenters. The Morgan fingerprint density at radius 3 is 2.54 bits per heavy atom. The van der Waals surface area contributed by atoms with E-state index in [9.17, 15) is 4.79 Å². The van der Waals surface area contributed by atoms with E-state index >= 15 is 0 Å². The molecule has 0 saturated carbocycles. The largest absolute Gasteiger partial charge is 0.490 e. The highest BCUT2D eigenvalue weighted by Crippen LogP contribution is 2.30. The average Bonchev–Trinajstić information content (AvgIpc) is 2.98. The van der Waals surface area contributed by atoms with Gasteiger partial charge in [0.25, 0.3) is 0 Å². The summed E-state index contributed by atoms with van der Waals surface area (Å²) in [6.45, 7) is 4.86. The van der Waals surface area contributed by atoms with Gasteiger partial charge in [-0.2, -0.15) is 0 Å². The predicted molar refractivity (Wildman–Crippen MR) is 101 cm³/mol. The number of aliphatic imine (C=N–C) groups is 1. The lowest BCUT2D eigenvalue weighted by molar-refractivity contribution is -0.129. The second-order valence-electron chi connectivity index (χ2n) is 5.39. The fourth-order valence-electron chi connectivity index (χ4n) is 2.47. The number of ether oxygens (including phenoxy) is 3. The highest BCUT2D eigenvalue weighted by molar-refractivity contribution is 6.34. The summed E-state index contributed by atoms with van der Waals surface area (Å²) in [5.74, 6) is 0.950. The number of hydrogen-bond donors (Lipinski definition) is 0. The molecule has 0 spiro atoms. The number of cyclic esters (lactones) is 1. The van der Waals surface area contributed by atoms with Crippen LogP contribution in [0.2, 0.25) is 5.02 Å². The third-order valence-corrected chi connectivity index (χ3v) is 3.93.